The summed E-state index contributed by atoms with van der Waals surface area (Å²) in [5, 5.41) is 0. The molecule has 0 N–H and O–H groups in total. The topological polar surface area (TPSA) is 36.0 Å². The van der Waals surface area contributed by atoms with Crippen molar-refractivity contribution in [1.82, 2.24) is 14.7 Å². The van der Waals surface area contributed by atoms with Gasteiger partial charge in [0.15, 0.2) is 0 Å². The van der Waals surface area contributed by atoms with Crippen LogP contribution in [0.2, 0.25) is 0 Å². The molecule has 1 aliphatic heterocycles. The molecule has 2 amide bonds. The molecule has 5 nitrogen and oxygen atoms in total. The Morgan fingerprint density at radius 3 is 2.44 bits per heavy atom. The lowest BCUT2D eigenvalue weighted by atomic mass is 9.58. The van der Waals surface area contributed by atoms with E-state index in [0.717, 1.165) is 42.8 Å². The predicted molar refractivity (Wildman–Crippen MR) is 122 cm³/mol. The Hall–Kier alpha value is -2.60. The number of benzene rings is 2. The molecule has 3 aliphatic rings. The number of carbonyl (C=O) groups excluding carboxylic acids is 1. The van der Waals surface area contributed by atoms with E-state index < -0.39 is 0 Å². The number of rotatable bonds is 7. The van der Waals surface area contributed by atoms with Gasteiger partial charge in [-0.2, -0.15) is 0 Å². The number of ether oxygens (including phenoxy) is 1. The summed E-state index contributed by atoms with van der Waals surface area (Å²) in [7, 11) is 5.79. The van der Waals surface area contributed by atoms with E-state index in [2.05, 4.69) is 23.9 Å². The molecule has 1 spiro atoms. The zero-order chi connectivity index (χ0) is 22.5. The fourth-order valence-corrected chi connectivity index (χ4v) is 5.68. The third-order valence-electron chi connectivity index (χ3n) is 7.69. The van der Waals surface area contributed by atoms with Gasteiger partial charge in [0.1, 0.15) is 11.6 Å². The Bertz CT molecular complexity index is 996. The highest BCUT2D eigenvalue weighted by Crippen LogP contribution is 2.57. The van der Waals surface area contributed by atoms with Crippen molar-refractivity contribution in [3.05, 3.63) is 65.5 Å². The van der Waals surface area contributed by atoms with Gasteiger partial charge in [-0.25, -0.2) is 9.18 Å². The molecule has 0 aromatic heterocycles. The molecule has 2 aliphatic carbocycles. The second-order valence-corrected chi connectivity index (χ2v) is 10.1. The first-order valence-electron chi connectivity index (χ1n) is 11.5. The zero-order valence-electron chi connectivity index (χ0n) is 19.2. The summed E-state index contributed by atoms with van der Waals surface area (Å²) < 4.78 is 19.3. The number of nitrogens with zero attached hydrogens (tertiary/aromatic N) is 3. The molecule has 0 atom stereocenters. The van der Waals surface area contributed by atoms with Crippen LogP contribution >= 0.6 is 0 Å². The first-order valence-corrected chi connectivity index (χ1v) is 11.5. The lowest BCUT2D eigenvalue weighted by Gasteiger charge is -2.60. The van der Waals surface area contributed by atoms with Crippen LogP contribution in [0.15, 0.2) is 48.5 Å². The molecule has 5 rings (SSSR count). The monoisotopic (exact) mass is 437 g/mol. The summed E-state index contributed by atoms with van der Waals surface area (Å²) in [6.07, 6.45) is 4.07. The Morgan fingerprint density at radius 1 is 1.12 bits per heavy atom. The highest BCUT2D eigenvalue weighted by molar-refractivity contribution is 5.79. The summed E-state index contributed by atoms with van der Waals surface area (Å²) in [6.45, 7) is 2.15. The van der Waals surface area contributed by atoms with E-state index >= 15 is 0 Å². The van der Waals surface area contributed by atoms with E-state index in [-0.39, 0.29) is 22.9 Å². The van der Waals surface area contributed by atoms with E-state index in [1.165, 1.54) is 18.9 Å². The molecular formula is C26H32FN3O2. The first-order chi connectivity index (χ1) is 15.3. The summed E-state index contributed by atoms with van der Waals surface area (Å²) in [4.78, 5) is 19.9. The molecule has 1 heterocycles. The molecule has 3 fully saturated rings. The minimum atomic E-state index is -0.250. The van der Waals surface area contributed by atoms with Gasteiger partial charge >= 0.3 is 6.03 Å². The Morgan fingerprint density at radius 2 is 1.84 bits per heavy atom. The van der Waals surface area contributed by atoms with Crippen LogP contribution in [0.5, 0.6) is 5.75 Å². The van der Waals surface area contributed by atoms with Crippen LogP contribution < -0.4 is 4.74 Å². The first kappa shape index (κ1) is 21.3. The molecule has 0 radical (unpaired) electrons. The Kier molecular flexibility index (Phi) is 5.16. The third-order valence-corrected chi connectivity index (χ3v) is 7.69. The zero-order valence-corrected chi connectivity index (χ0v) is 19.2. The quantitative estimate of drug-likeness (QED) is 0.641. The Balaban J connectivity index is 1.41. The third kappa shape index (κ3) is 3.54. The van der Waals surface area contributed by atoms with Crippen molar-refractivity contribution in [3.63, 3.8) is 0 Å². The highest BCUT2D eigenvalue weighted by atomic mass is 19.1. The number of carbonyl (C=O) groups is 1. The van der Waals surface area contributed by atoms with E-state index in [1.54, 1.807) is 19.2 Å². The number of methoxy groups -OCH3 is 1. The molecule has 2 aromatic carbocycles. The van der Waals surface area contributed by atoms with Crippen LogP contribution in [0.3, 0.4) is 0 Å². The standard InChI is InChI=1S/C26H32FN3O2/c1-28(2)26(21-5-4-6-22(27)13-21)16-25(17-26)18-29(24(31)30(25)15-20-7-8-20)14-19-9-11-23(32-3)12-10-19/h4-6,9-13,20H,7-8,14-18H2,1-3H3/t25-,26+. The lowest BCUT2D eigenvalue weighted by molar-refractivity contribution is -0.0710. The van der Waals surface area contributed by atoms with Crippen LogP contribution in [-0.4, -0.2) is 60.6 Å². The summed E-state index contributed by atoms with van der Waals surface area (Å²) in [6, 6.07) is 15.0. The average molecular weight is 438 g/mol. The number of amides is 2. The maximum Gasteiger partial charge on any atom is 0.320 e. The van der Waals surface area contributed by atoms with Gasteiger partial charge < -0.3 is 14.5 Å². The van der Waals surface area contributed by atoms with Gasteiger partial charge in [0, 0.05) is 19.6 Å². The molecule has 0 bridgehead atoms. The van der Waals surface area contributed by atoms with Crippen molar-refractivity contribution in [2.45, 2.75) is 43.3 Å². The minimum Gasteiger partial charge on any atom is -0.497 e. The minimum absolute atomic E-state index is 0.138. The van der Waals surface area contributed by atoms with Crippen molar-refractivity contribution in [2.75, 3.05) is 34.3 Å². The number of urea groups is 1. The summed E-state index contributed by atoms with van der Waals surface area (Å²) in [5.41, 5.74) is 1.66. The van der Waals surface area contributed by atoms with Gasteiger partial charge in [-0.15, -0.1) is 0 Å². The number of hydrogen-bond acceptors (Lipinski definition) is 3. The van der Waals surface area contributed by atoms with Crippen molar-refractivity contribution in [1.29, 1.82) is 0 Å². The SMILES string of the molecule is COc1ccc(CN2C[C@]3(C[C@](c4cccc(F)c4)(N(C)C)C3)N(CC3CC3)C2=O)cc1. The number of halogens is 1. The molecule has 6 heteroatoms. The van der Waals surface area contributed by atoms with Crippen LogP contribution in [0.25, 0.3) is 0 Å². The van der Waals surface area contributed by atoms with Gasteiger partial charge in [-0.3, -0.25) is 4.90 Å². The van der Waals surface area contributed by atoms with Crippen molar-refractivity contribution < 1.29 is 13.9 Å². The lowest BCUT2D eigenvalue weighted by Crippen LogP contribution is -2.67. The predicted octanol–water partition coefficient (Wildman–Crippen LogP) is 4.47. The fraction of sp³-hybridized carbons (Fsp3) is 0.500. The summed E-state index contributed by atoms with van der Waals surface area (Å²) in [5.74, 6) is 1.24. The maximum absolute atomic E-state index is 14.1. The van der Waals surface area contributed by atoms with Gasteiger partial charge in [0.05, 0.1) is 18.2 Å². The number of hydrogen-bond donors (Lipinski definition) is 0. The molecule has 2 aromatic rings. The van der Waals surface area contributed by atoms with Gasteiger partial charge in [-0.1, -0.05) is 24.3 Å². The normalized spacial score (nSPS) is 27.3. The summed E-state index contributed by atoms with van der Waals surface area (Å²) >= 11 is 0. The van der Waals surface area contributed by atoms with Gasteiger partial charge in [0.25, 0.3) is 0 Å². The van der Waals surface area contributed by atoms with E-state index in [0.29, 0.717) is 12.5 Å². The van der Waals surface area contributed by atoms with Gasteiger partial charge in [-0.05, 0) is 81.1 Å². The van der Waals surface area contributed by atoms with Crippen molar-refractivity contribution in [3.8, 4) is 5.75 Å². The van der Waals surface area contributed by atoms with Gasteiger partial charge in [0.2, 0.25) is 0 Å². The van der Waals surface area contributed by atoms with Crippen molar-refractivity contribution in [2.24, 2.45) is 5.92 Å². The smallest absolute Gasteiger partial charge is 0.320 e. The molecule has 170 valence electrons. The molecular weight excluding hydrogens is 405 g/mol. The molecule has 32 heavy (non-hydrogen) atoms. The van der Waals surface area contributed by atoms with E-state index in [9.17, 15) is 9.18 Å². The molecule has 2 saturated carbocycles. The molecule has 0 unspecified atom stereocenters. The van der Waals surface area contributed by atoms with Crippen LogP contribution in [0.1, 0.15) is 36.8 Å². The molecule has 1 saturated heterocycles. The van der Waals surface area contributed by atoms with Crippen LogP contribution in [0, 0.1) is 11.7 Å². The van der Waals surface area contributed by atoms with Crippen molar-refractivity contribution >= 4 is 6.03 Å². The maximum atomic E-state index is 14.1. The Labute approximate surface area is 189 Å². The fourth-order valence-electron chi connectivity index (χ4n) is 5.68. The van der Waals surface area contributed by atoms with Crippen LogP contribution in [0.4, 0.5) is 9.18 Å². The van der Waals surface area contributed by atoms with E-state index in [4.69, 9.17) is 4.74 Å². The van der Waals surface area contributed by atoms with E-state index in [1.807, 2.05) is 35.2 Å². The second kappa shape index (κ2) is 7.77. The van der Waals surface area contributed by atoms with Crippen LogP contribution in [-0.2, 0) is 12.1 Å². The second-order valence-electron chi connectivity index (χ2n) is 10.1. The highest BCUT2D eigenvalue weighted by Gasteiger charge is 2.64. The average Bonchev–Trinajstić information content (AvgIpc) is 3.53. The largest absolute Gasteiger partial charge is 0.497 e.